The minimum atomic E-state index is 0.282. The number of hydrogen-bond donors (Lipinski definition) is 1. The van der Waals surface area contributed by atoms with Crippen LogP contribution in [0.15, 0.2) is 11.6 Å². The molecule has 2 atom stereocenters. The predicted octanol–water partition coefficient (Wildman–Crippen LogP) is 2.68. The summed E-state index contributed by atoms with van der Waals surface area (Å²) < 4.78 is 0. The summed E-state index contributed by atoms with van der Waals surface area (Å²) >= 11 is 0. The standard InChI is InChI=1S/C15H27NO/c1-4-7-16(8-9-17)11-12-5-6-13-10-14(12)15(13,2)3/h5,13-14,17H,4,6-11H2,1-3H3. The second kappa shape index (κ2) is 5.11. The zero-order chi connectivity index (χ0) is 12.5. The Labute approximate surface area is 106 Å². The first-order valence-electron chi connectivity index (χ1n) is 7.11. The van der Waals surface area contributed by atoms with Gasteiger partial charge in [-0.15, -0.1) is 0 Å². The highest BCUT2D eigenvalue weighted by atomic mass is 16.3. The zero-order valence-electron chi connectivity index (χ0n) is 11.6. The molecule has 2 unspecified atom stereocenters. The summed E-state index contributed by atoms with van der Waals surface area (Å²) in [6.45, 7) is 10.3. The lowest BCUT2D eigenvalue weighted by molar-refractivity contribution is -0.0110. The first kappa shape index (κ1) is 13.1. The predicted molar refractivity (Wildman–Crippen MR) is 71.9 cm³/mol. The Balaban J connectivity index is 1.96. The molecule has 0 saturated heterocycles. The fourth-order valence-corrected chi connectivity index (χ4v) is 3.64. The number of nitrogens with zero attached hydrogens (tertiary/aromatic N) is 1. The van der Waals surface area contributed by atoms with Crippen LogP contribution in [0.25, 0.3) is 0 Å². The lowest BCUT2D eigenvalue weighted by Gasteiger charge is -2.57. The van der Waals surface area contributed by atoms with E-state index in [0.717, 1.165) is 31.5 Å². The molecule has 1 N–H and O–H groups in total. The van der Waals surface area contributed by atoms with Gasteiger partial charge in [0.2, 0.25) is 0 Å². The molecule has 2 bridgehead atoms. The summed E-state index contributed by atoms with van der Waals surface area (Å²) in [6, 6.07) is 0. The van der Waals surface area contributed by atoms with Crippen LogP contribution in [0.4, 0.5) is 0 Å². The summed E-state index contributed by atoms with van der Waals surface area (Å²) in [7, 11) is 0. The molecule has 3 aliphatic carbocycles. The van der Waals surface area contributed by atoms with Crippen molar-refractivity contribution in [2.24, 2.45) is 17.3 Å². The molecule has 0 radical (unpaired) electrons. The van der Waals surface area contributed by atoms with Gasteiger partial charge < -0.3 is 5.11 Å². The zero-order valence-corrected chi connectivity index (χ0v) is 11.6. The van der Waals surface area contributed by atoms with Crippen molar-refractivity contribution in [3.63, 3.8) is 0 Å². The molecule has 2 nitrogen and oxygen atoms in total. The van der Waals surface area contributed by atoms with Gasteiger partial charge in [0.1, 0.15) is 0 Å². The Hall–Kier alpha value is -0.340. The van der Waals surface area contributed by atoms with Crippen molar-refractivity contribution >= 4 is 0 Å². The van der Waals surface area contributed by atoms with Gasteiger partial charge in [-0.3, -0.25) is 4.90 Å². The van der Waals surface area contributed by atoms with Crippen LogP contribution in [0.3, 0.4) is 0 Å². The van der Waals surface area contributed by atoms with Gasteiger partial charge in [0.25, 0.3) is 0 Å². The molecular weight excluding hydrogens is 210 g/mol. The molecule has 3 rings (SSSR count). The highest BCUT2D eigenvalue weighted by Gasteiger charge is 2.50. The van der Waals surface area contributed by atoms with Gasteiger partial charge in [-0.05, 0) is 43.1 Å². The summed E-state index contributed by atoms with van der Waals surface area (Å²) in [6.07, 6.45) is 6.32. The van der Waals surface area contributed by atoms with E-state index in [1.165, 1.54) is 19.3 Å². The third-order valence-corrected chi connectivity index (χ3v) is 4.94. The van der Waals surface area contributed by atoms with Crippen molar-refractivity contribution < 1.29 is 5.11 Å². The number of rotatable bonds is 6. The van der Waals surface area contributed by atoms with Crippen molar-refractivity contribution in [2.75, 3.05) is 26.2 Å². The topological polar surface area (TPSA) is 23.5 Å². The van der Waals surface area contributed by atoms with E-state index in [1.807, 2.05) is 0 Å². The van der Waals surface area contributed by atoms with Gasteiger partial charge in [0.05, 0.1) is 6.61 Å². The summed E-state index contributed by atoms with van der Waals surface area (Å²) in [5.41, 5.74) is 2.17. The first-order valence-corrected chi connectivity index (χ1v) is 7.11. The average Bonchev–Trinajstić information content (AvgIpc) is 2.29. The van der Waals surface area contributed by atoms with E-state index < -0.39 is 0 Å². The van der Waals surface area contributed by atoms with Gasteiger partial charge in [0.15, 0.2) is 0 Å². The molecule has 0 heterocycles. The lowest BCUT2D eigenvalue weighted by Crippen LogP contribution is -2.50. The minimum absolute atomic E-state index is 0.282. The quantitative estimate of drug-likeness (QED) is 0.718. The maximum absolute atomic E-state index is 9.11. The SMILES string of the molecule is CCCN(CCO)CC1=CCC2CC1C2(C)C. The van der Waals surface area contributed by atoms with E-state index in [9.17, 15) is 0 Å². The van der Waals surface area contributed by atoms with E-state index in [0.29, 0.717) is 5.41 Å². The van der Waals surface area contributed by atoms with Crippen LogP contribution >= 0.6 is 0 Å². The molecule has 0 spiro atoms. The third-order valence-electron chi connectivity index (χ3n) is 4.94. The molecular formula is C15H27NO. The van der Waals surface area contributed by atoms with Crippen LogP contribution in [-0.2, 0) is 0 Å². The van der Waals surface area contributed by atoms with Crippen LogP contribution in [0, 0.1) is 17.3 Å². The summed E-state index contributed by atoms with van der Waals surface area (Å²) in [4.78, 5) is 2.40. The molecule has 1 saturated carbocycles. The van der Waals surface area contributed by atoms with Crippen molar-refractivity contribution in [2.45, 2.75) is 40.0 Å². The van der Waals surface area contributed by atoms with Crippen LogP contribution in [0.1, 0.15) is 40.0 Å². The monoisotopic (exact) mass is 237 g/mol. The third kappa shape index (κ3) is 2.43. The van der Waals surface area contributed by atoms with Gasteiger partial charge in [-0.25, -0.2) is 0 Å². The van der Waals surface area contributed by atoms with E-state index in [1.54, 1.807) is 5.57 Å². The molecule has 0 amide bonds. The van der Waals surface area contributed by atoms with E-state index >= 15 is 0 Å². The number of hydrogen-bond acceptors (Lipinski definition) is 2. The van der Waals surface area contributed by atoms with Crippen molar-refractivity contribution in [1.29, 1.82) is 0 Å². The molecule has 17 heavy (non-hydrogen) atoms. The van der Waals surface area contributed by atoms with E-state index in [2.05, 4.69) is 31.7 Å². The molecule has 98 valence electrons. The second-order valence-electron chi connectivity index (χ2n) is 6.32. The molecule has 1 fully saturated rings. The molecule has 0 aromatic carbocycles. The number of aliphatic hydroxyl groups excluding tert-OH is 1. The van der Waals surface area contributed by atoms with Crippen molar-refractivity contribution in [3.8, 4) is 0 Å². The van der Waals surface area contributed by atoms with Crippen LogP contribution < -0.4 is 0 Å². The Morgan fingerprint density at radius 1 is 1.41 bits per heavy atom. The lowest BCUT2D eigenvalue weighted by atomic mass is 9.49. The number of fused-ring (bicyclic) bond motifs is 1. The Bertz CT molecular complexity index is 289. The van der Waals surface area contributed by atoms with Gasteiger partial charge >= 0.3 is 0 Å². The van der Waals surface area contributed by atoms with Gasteiger partial charge in [0, 0.05) is 13.1 Å². The molecule has 0 aromatic rings. The Morgan fingerprint density at radius 2 is 2.18 bits per heavy atom. The largest absolute Gasteiger partial charge is 0.395 e. The van der Waals surface area contributed by atoms with Gasteiger partial charge in [-0.2, -0.15) is 0 Å². The van der Waals surface area contributed by atoms with Crippen LogP contribution in [0.5, 0.6) is 0 Å². The first-order chi connectivity index (χ1) is 8.09. The number of aliphatic hydroxyl groups is 1. The Morgan fingerprint density at radius 3 is 2.71 bits per heavy atom. The Kier molecular flexibility index (Phi) is 3.94. The maximum Gasteiger partial charge on any atom is 0.0558 e. The van der Waals surface area contributed by atoms with Gasteiger partial charge in [-0.1, -0.05) is 32.4 Å². The smallest absolute Gasteiger partial charge is 0.0558 e. The average molecular weight is 237 g/mol. The fourth-order valence-electron chi connectivity index (χ4n) is 3.64. The summed E-state index contributed by atoms with van der Waals surface area (Å²) in [5.74, 6) is 1.73. The minimum Gasteiger partial charge on any atom is -0.395 e. The maximum atomic E-state index is 9.11. The summed E-state index contributed by atoms with van der Waals surface area (Å²) in [5, 5.41) is 9.11. The molecule has 0 aliphatic heterocycles. The molecule has 0 aromatic heterocycles. The highest BCUT2D eigenvalue weighted by molar-refractivity contribution is 5.24. The van der Waals surface area contributed by atoms with Crippen molar-refractivity contribution in [3.05, 3.63) is 11.6 Å². The number of allylic oxidation sites excluding steroid dienone is 1. The van der Waals surface area contributed by atoms with Crippen molar-refractivity contribution in [1.82, 2.24) is 4.90 Å². The van der Waals surface area contributed by atoms with Crippen LogP contribution in [-0.4, -0.2) is 36.2 Å². The highest BCUT2D eigenvalue weighted by Crippen LogP contribution is 2.59. The van der Waals surface area contributed by atoms with E-state index in [-0.39, 0.29) is 6.61 Å². The van der Waals surface area contributed by atoms with E-state index in [4.69, 9.17) is 5.11 Å². The molecule has 2 heteroatoms. The molecule has 3 aliphatic rings. The normalized spacial score (nSPS) is 30.1. The fraction of sp³-hybridized carbons (Fsp3) is 0.867. The second-order valence-corrected chi connectivity index (χ2v) is 6.32. The van der Waals surface area contributed by atoms with Crippen LogP contribution in [0.2, 0.25) is 0 Å².